The Hall–Kier alpha value is -2.15. The molecule has 2 aliphatic rings. The lowest BCUT2D eigenvalue weighted by atomic mass is 10.1. The fourth-order valence-corrected chi connectivity index (χ4v) is 2.44. The molecule has 7 heteroatoms. The van der Waals surface area contributed by atoms with Crippen LogP contribution >= 0.6 is 0 Å². The predicted molar refractivity (Wildman–Crippen MR) is 78.5 cm³/mol. The van der Waals surface area contributed by atoms with Gasteiger partial charge in [-0.15, -0.1) is 0 Å². The minimum Gasteiger partial charge on any atom is -0.377 e. The first-order chi connectivity index (χ1) is 10.1. The van der Waals surface area contributed by atoms with E-state index < -0.39 is 4.92 Å². The summed E-state index contributed by atoms with van der Waals surface area (Å²) in [4.78, 5) is 24.9. The number of amides is 1. The lowest BCUT2D eigenvalue weighted by Gasteiger charge is -2.27. The van der Waals surface area contributed by atoms with Gasteiger partial charge < -0.3 is 15.5 Å². The molecule has 1 saturated carbocycles. The van der Waals surface area contributed by atoms with Crippen LogP contribution in [-0.2, 0) is 0 Å². The highest BCUT2D eigenvalue weighted by molar-refractivity contribution is 5.95. The van der Waals surface area contributed by atoms with Gasteiger partial charge >= 0.3 is 0 Å². The van der Waals surface area contributed by atoms with Crippen molar-refractivity contribution in [1.29, 1.82) is 0 Å². The van der Waals surface area contributed by atoms with E-state index in [0.29, 0.717) is 30.4 Å². The maximum atomic E-state index is 12.4. The third-order valence-corrected chi connectivity index (χ3v) is 3.78. The van der Waals surface area contributed by atoms with Crippen molar-refractivity contribution in [2.45, 2.75) is 18.9 Å². The van der Waals surface area contributed by atoms with Crippen LogP contribution in [0.4, 0.5) is 11.4 Å². The fourth-order valence-electron chi connectivity index (χ4n) is 2.44. The second kappa shape index (κ2) is 5.69. The summed E-state index contributed by atoms with van der Waals surface area (Å²) in [5.74, 6) is -0.141. The van der Waals surface area contributed by atoms with E-state index in [1.54, 1.807) is 17.0 Å². The molecule has 1 aliphatic carbocycles. The molecule has 1 heterocycles. The molecule has 2 N–H and O–H groups in total. The van der Waals surface area contributed by atoms with Crippen LogP contribution in [0.3, 0.4) is 0 Å². The van der Waals surface area contributed by atoms with Crippen LogP contribution in [-0.4, -0.2) is 48.0 Å². The van der Waals surface area contributed by atoms with Gasteiger partial charge in [0.05, 0.1) is 4.92 Å². The molecule has 112 valence electrons. The number of carbonyl (C=O) groups excluding carboxylic acids is 1. The quantitative estimate of drug-likeness (QED) is 0.643. The number of nitro groups is 1. The zero-order valence-corrected chi connectivity index (χ0v) is 11.7. The van der Waals surface area contributed by atoms with Crippen molar-refractivity contribution in [3.63, 3.8) is 0 Å². The summed E-state index contributed by atoms with van der Waals surface area (Å²) in [6.07, 6.45) is 2.08. The van der Waals surface area contributed by atoms with Crippen molar-refractivity contribution in [1.82, 2.24) is 10.2 Å². The van der Waals surface area contributed by atoms with E-state index in [1.165, 1.54) is 6.07 Å². The van der Waals surface area contributed by atoms with Crippen LogP contribution < -0.4 is 10.6 Å². The Labute approximate surface area is 122 Å². The molecule has 0 radical (unpaired) electrons. The van der Waals surface area contributed by atoms with Gasteiger partial charge in [0.2, 0.25) is 0 Å². The van der Waals surface area contributed by atoms with E-state index in [4.69, 9.17) is 0 Å². The number of hydrogen-bond acceptors (Lipinski definition) is 5. The number of hydrogen-bond donors (Lipinski definition) is 2. The Kier molecular flexibility index (Phi) is 3.74. The molecule has 7 nitrogen and oxygen atoms in total. The predicted octanol–water partition coefficient (Wildman–Crippen LogP) is 1.21. The summed E-state index contributed by atoms with van der Waals surface area (Å²) in [5, 5.41) is 17.5. The molecule has 0 spiro atoms. The fraction of sp³-hybridized carbons (Fsp3) is 0.500. The monoisotopic (exact) mass is 290 g/mol. The number of rotatable bonds is 4. The molecule has 0 aromatic heterocycles. The molecule has 21 heavy (non-hydrogen) atoms. The van der Waals surface area contributed by atoms with Crippen molar-refractivity contribution in [2.75, 3.05) is 31.5 Å². The van der Waals surface area contributed by atoms with E-state index in [9.17, 15) is 14.9 Å². The van der Waals surface area contributed by atoms with E-state index >= 15 is 0 Å². The Morgan fingerprint density at radius 3 is 2.67 bits per heavy atom. The average molecular weight is 290 g/mol. The highest BCUT2D eigenvalue weighted by Gasteiger charge is 2.26. The number of nitrogens with one attached hydrogen (secondary N) is 2. The largest absolute Gasteiger partial charge is 0.377 e. The van der Waals surface area contributed by atoms with Crippen molar-refractivity contribution < 1.29 is 9.72 Å². The van der Waals surface area contributed by atoms with Crippen LogP contribution in [0.2, 0.25) is 0 Å². The summed E-state index contributed by atoms with van der Waals surface area (Å²) < 4.78 is 0. The van der Waals surface area contributed by atoms with Gasteiger partial charge in [-0.25, -0.2) is 0 Å². The molecule has 1 aromatic rings. The number of nitrogens with zero attached hydrogens (tertiary/aromatic N) is 2. The van der Waals surface area contributed by atoms with Gasteiger partial charge in [0, 0.05) is 43.9 Å². The van der Waals surface area contributed by atoms with Gasteiger partial charge in [0.25, 0.3) is 11.6 Å². The SMILES string of the molecule is O=C(c1ccc(NC2CC2)c([N+](=O)[O-])c1)N1CCNCC1. The summed E-state index contributed by atoms with van der Waals surface area (Å²) in [6, 6.07) is 5.03. The number of nitro benzene ring substituents is 1. The Morgan fingerprint density at radius 1 is 1.33 bits per heavy atom. The van der Waals surface area contributed by atoms with Crippen LogP contribution in [0.15, 0.2) is 18.2 Å². The third-order valence-electron chi connectivity index (χ3n) is 3.78. The number of carbonyl (C=O) groups is 1. The first kappa shape index (κ1) is 13.8. The smallest absolute Gasteiger partial charge is 0.293 e. The van der Waals surface area contributed by atoms with Crippen molar-refractivity contribution in [3.05, 3.63) is 33.9 Å². The highest BCUT2D eigenvalue weighted by Crippen LogP contribution is 2.31. The van der Waals surface area contributed by atoms with E-state index in [2.05, 4.69) is 10.6 Å². The lowest BCUT2D eigenvalue weighted by molar-refractivity contribution is -0.384. The van der Waals surface area contributed by atoms with Crippen molar-refractivity contribution in [2.24, 2.45) is 0 Å². The molecule has 0 atom stereocenters. The van der Waals surface area contributed by atoms with Crippen molar-refractivity contribution >= 4 is 17.3 Å². The maximum Gasteiger partial charge on any atom is 0.293 e. The molecule has 1 aromatic carbocycles. The van der Waals surface area contributed by atoms with Crippen molar-refractivity contribution in [3.8, 4) is 0 Å². The number of benzene rings is 1. The molecule has 1 amide bonds. The topological polar surface area (TPSA) is 87.5 Å². The minimum atomic E-state index is -0.431. The van der Waals surface area contributed by atoms with E-state index in [0.717, 1.165) is 25.9 Å². The minimum absolute atomic E-state index is 0.0251. The normalized spacial score (nSPS) is 18.4. The van der Waals surface area contributed by atoms with Gasteiger partial charge in [-0.05, 0) is 25.0 Å². The average Bonchev–Trinajstić information content (AvgIpc) is 3.31. The van der Waals surface area contributed by atoms with Gasteiger partial charge in [-0.2, -0.15) is 0 Å². The standard InChI is InChI=1S/C14H18N4O3/c19-14(17-7-5-15-6-8-17)10-1-4-12(16-11-2-3-11)13(9-10)18(20)21/h1,4,9,11,15-16H,2-3,5-8H2. The molecular formula is C14H18N4O3. The Balaban J connectivity index is 1.83. The summed E-state index contributed by atoms with van der Waals surface area (Å²) in [5.41, 5.74) is 0.854. The first-order valence-corrected chi connectivity index (χ1v) is 7.20. The molecule has 3 rings (SSSR count). The van der Waals surface area contributed by atoms with Crippen LogP contribution in [0.25, 0.3) is 0 Å². The number of anilines is 1. The molecule has 2 fully saturated rings. The zero-order valence-electron chi connectivity index (χ0n) is 11.7. The Morgan fingerprint density at radius 2 is 2.05 bits per heavy atom. The molecule has 0 bridgehead atoms. The van der Waals surface area contributed by atoms with Crippen LogP contribution in [0.1, 0.15) is 23.2 Å². The van der Waals surface area contributed by atoms with Crippen LogP contribution in [0.5, 0.6) is 0 Å². The Bertz CT molecular complexity index is 565. The maximum absolute atomic E-state index is 12.4. The molecular weight excluding hydrogens is 272 g/mol. The first-order valence-electron chi connectivity index (χ1n) is 7.20. The van der Waals surface area contributed by atoms with E-state index in [1.807, 2.05) is 0 Å². The summed E-state index contributed by atoms with van der Waals surface area (Å²) in [7, 11) is 0. The van der Waals surface area contributed by atoms with Gasteiger partial charge in [0.15, 0.2) is 0 Å². The van der Waals surface area contributed by atoms with Gasteiger partial charge in [-0.3, -0.25) is 14.9 Å². The zero-order chi connectivity index (χ0) is 14.8. The van der Waals surface area contributed by atoms with Crippen LogP contribution in [0, 0.1) is 10.1 Å². The van der Waals surface area contributed by atoms with Gasteiger partial charge in [-0.1, -0.05) is 0 Å². The summed E-state index contributed by atoms with van der Waals surface area (Å²) in [6.45, 7) is 2.79. The lowest BCUT2D eigenvalue weighted by Crippen LogP contribution is -2.46. The van der Waals surface area contributed by atoms with E-state index in [-0.39, 0.29) is 11.6 Å². The number of piperazine rings is 1. The summed E-state index contributed by atoms with van der Waals surface area (Å²) >= 11 is 0. The second-order valence-electron chi connectivity index (χ2n) is 5.45. The highest BCUT2D eigenvalue weighted by atomic mass is 16.6. The second-order valence-corrected chi connectivity index (χ2v) is 5.45. The molecule has 0 unspecified atom stereocenters. The van der Waals surface area contributed by atoms with Gasteiger partial charge in [0.1, 0.15) is 5.69 Å². The molecule has 1 aliphatic heterocycles. The third kappa shape index (κ3) is 3.13. The molecule has 1 saturated heterocycles.